The molecule has 0 saturated carbocycles. The Morgan fingerprint density at radius 2 is 1.96 bits per heavy atom. The SMILES string of the molecule is Cl.Nc1nc2c(c(C(=O)NCCN3CCNCC3)n1)CCCC2. The number of rotatable bonds is 4. The number of nitrogens with two attached hydrogens (primary N) is 1. The van der Waals surface area contributed by atoms with E-state index in [0.717, 1.165) is 69.7 Å². The van der Waals surface area contributed by atoms with Gasteiger partial charge in [-0.3, -0.25) is 9.69 Å². The first kappa shape index (κ1) is 17.9. The van der Waals surface area contributed by atoms with Crippen LogP contribution in [0.3, 0.4) is 0 Å². The second-order valence-corrected chi connectivity index (χ2v) is 5.91. The molecule has 2 heterocycles. The van der Waals surface area contributed by atoms with Crippen LogP contribution in [0.15, 0.2) is 0 Å². The van der Waals surface area contributed by atoms with E-state index in [2.05, 4.69) is 25.5 Å². The van der Waals surface area contributed by atoms with Crippen LogP contribution in [-0.2, 0) is 12.8 Å². The van der Waals surface area contributed by atoms with Gasteiger partial charge in [0.25, 0.3) is 5.91 Å². The van der Waals surface area contributed by atoms with Crippen LogP contribution in [0.25, 0.3) is 0 Å². The largest absolute Gasteiger partial charge is 0.368 e. The summed E-state index contributed by atoms with van der Waals surface area (Å²) in [6.07, 6.45) is 3.95. The lowest BCUT2D eigenvalue weighted by Crippen LogP contribution is -2.46. The molecule has 1 aromatic rings. The molecular formula is C15H25ClN6O. The number of piperazine rings is 1. The summed E-state index contributed by atoms with van der Waals surface area (Å²) in [5.41, 5.74) is 8.16. The van der Waals surface area contributed by atoms with Crippen molar-refractivity contribution in [3.63, 3.8) is 0 Å². The van der Waals surface area contributed by atoms with Gasteiger partial charge in [-0.25, -0.2) is 9.97 Å². The minimum atomic E-state index is -0.123. The quantitative estimate of drug-likeness (QED) is 0.713. The molecule has 0 spiro atoms. The van der Waals surface area contributed by atoms with E-state index in [1.807, 2.05) is 0 Å². The first-order chi connectivity index (χ1) is 10.7. The van der Waals surface area contributed by atoms with Crippen LogP contribution >= 0.6 is 12.4 Å². The third-order valence-electron chi connectivity index (χ3n) is 4.34. The predicted octanol–water partition coefficient (Wildman–Crippen LogP) is -0.00560. The van der Waals surface area contributed by atoms with Crippen molar-refractivity contribution in [3.8, 4) is 0 Å². The summed E-state index contributed by atoms with van der Waals surface area (Å²) in [5, 5.41) is 6.30. The lowest BCUT2D eigenvalue weighted by atomic mass is 9.94. The molecule has 1 fully saturated rings. The van der Waals surface area contributed by atoms with Crippen molar-refractivity contribution >= 4 is 24.3 Å². The summed E-state index contributed by atoms with van der Waals surface area (Å²) in [4.78, 5) is 23.2. The molecule has 23 heavy (non-hydrogen) atoms. The van der Waals surface area contributed by atoms with Crippen LogP contribution in [-0.4, -0.2) is 60.0 Å². The summed E-state index contributed by atoms with van der Waals surface area (Å²) in [6, 6.07) is 0. The van der Waals surface area contributed by atoms with Crippen LogP contribution < -0.4 is 16.4 Å². The van der Waals surface area contributed by atoms with E-state index in [0.29, 0.717) is 12.2 Å². The van der Waals surface area contributed by atoms with Crippen LogP contribution in [0.4, 0.5) is 5.95 Å². The second kappa shape index (κ2) is 8.42. The number of halogens is 1. The highest BCUT2D eigenvalue weighted by molar-refractivity contribution is 5.94. The molecule has 8 heteroatoms. The molecule has 7 nitrogen and oxygen atoms in total. The predicted molar refractivity (Wildman–Crippen MR) is 92.0 cm³/mol. The van der Waals surface area contributed by atoms with Gasteiger partial charge < -0.3 is 16.4 Å². The number of aromatic nitrogens is 2. The molecule has 0 atom stereocenters. The lowest BCUT2D eigenvalue weighted by molar-refractivity contribution is 0.0940. The van der Waals surface area contributed by atoms with Crippen LogP contribution in [0.1, 0.15) is 34.6 Å². The number of amides is 1. The van der Waals surface area contributed by atoms with Gasteiger partial charge in [-0.05, 0) is 25.7 Å². The fourth-order valence-electron chi connectivity index (χ4n) is 3.15. The molecule has 0 bridgehead atoms. The van der Waals surface area contributed by atoms with E-state index in [1.165, 1.54) is 0 Å². The first-order valence-corrected chi connectivity index (χ1v) is 8.10. The van der Waals surface area contributed by atoms with E-state index >= 15 is 0 Å². The van der Waals surface area contributed by atoms with Crippen molar-refractivity contribution in [1.82, 2.24) is 25.5 Å². The smallest absolute Gasteiger partial charge is 0.270 e. The number of aryl methyl sites for hydroxylation is 1. The number of hydrogen-bond acceptors (Lipinski definition) is 6. The monoisotopic (exact) mass is 340 g/mol. The summed E-state index contributed by atoms with van der Waals surface area (Å²) in [6.45, 7) is 5.61. The highest BCUT2D eigenvalue weighted by atomic mass is 35.5. The second-order valence-electron chi connectivity index (χ2n) is 5.91. The average Bonchev–Trinajstić information content (AvgIpc) is 2.55. The van der Waals surface area contributed by atoms with E-state index in [9.17, 15) is 4.79 Å². The number of nitrogens with one attached hydrogen (secondary N) is 2. The van der Waals surface area contributed by atoms with Gasteiger partial charge in [0, 0.05) is 50.5 Å². The summed E-state index contributed by atoms with van der Waals surface area (Å²) in [7, 11) is 0. The molecular weight excluding hydrogens is 316 g/mol. The number of anilines is 1. The highest BCUT2D eigenvalue weighted by Crippen LogP contribution is 2.22. The van der Waals surface area contributed by atoms with E-state index in [4.69, 9.17) is 5.73 Å². The van der Waals surface area contributed by atoms with Gasteiger partial charge in [0.15, 0.2) is 0 Å². The van der Waals surface area contributed by atoms with E-state index in [1.54, 1.807) is 0 Å². The van der Waals surface area contributed by atoms with E-state index in [-0.39, 0.29) is 24.3 Å². The first-order valence-electron chi connectivity index (χ1n) is 8.10. The number of nitrogen functional groups attached to an aromatic ring is 1. The molecule has 3 rings (SSSR count). The Balaban J connectivity index is 0.00000192. The zero-order valence-electron chi connectivity index (χ0n) is 13.3. The van der Waals surface area contributed by atoms with Crippen molar-refractivity contribution in [2.45, 2.75) is 25.7 Å². The molecule has 0 radical (unpaired) electrons. The minimum Gasteiger partial charge on any atom is -0.368 e. The Hall–Kier alpha value is -1.44. The highest BCUT2D eigenvalue weighted by Gasteiger charge is 2.21. The van der Waals surface area contributed by atoms with Crippen molar-refractivity contribution in [1.29, 1.82) is 0 Å². The van der Waals surface area contributed by atoms with Gasteiger partial charge >= 0.3 is 0 Å². The van der Waals surface area contributed by atoms with Crippen LogP contribution in [0, 0.1) is 0 Å². The molecule has 2 aliphatic rings. The Labute approximate surface area is 142 Å². The Kier molecular flexibility index (Phi) is 6.56. The van der Waals surface area contributed by atoms with E-state index < -0.39 is 0 Å². The molecule has 1 aliphatic carbocycles. The van der Waals surface area contributed by atoms with Crippen molar-refractivity contribution in [2.24, 2.45) is 0 Å². The van der Waals surface area contributed by atoms with Gasteiger partial charge in [-0.15, -0.1) is 12.4 Å². The van der Waals surface area contributed by atoms with Crippen LogP contribution in [0.2, 0.25) is 0 Å². The third kappa shape index (κ3) is 4.53. The fourth-order valence-corrected chi connectivity index (χ4v) is 3.15. The van der Waals surface area contributed by atoms with Gasteiger partial charge in [0.1, 0.15) is 5.69 Å². The standard InChI is InChI=1S/C15H24N6O.ClH/c16-15-19-12-4-2-1-3-11(12)13(20-15)14(22)18-7-10-21-8-5-17-6-9-21;/h17H,1-10H2,(H,18,22)(H2,16,19,20);1H. The fraction of sp³-hybridized carbons (Fsp3) is 0.667. The number of fused-ring (bicyclic) bond motifs is 1. The summed E-state index contributed by atoms with van der Waals surface area (Å²) in [5.74, 6) is 0.0790. The van der Waals surface area contributed by atoms with Crippen molar-refractivity contribution in [3.05, 3.63) is 17.0 Å². The van der Waals surface area contributed by atoms with Gasteiger partial charge in [0.2, 0.25) is 5.95 Å². The molecule has 128 valence electrons. The van der Waals surface area contributed by atoms with Crippen LogP contribution in [0.5, 0.6) is 0 Å². The molecule has 0 unspecified atom stereocenters. The Bertz CT molecular complexity index is 547. The number of nitrogens with zero attached hydrogens (tertiary/aromatic N) is 3. The maximum absolute atomic E-state index is 12.4. The molecule has 0 aromatic carbocycles. The average molecular weight is 341 g/mol. The van der Waals surface area contributed by atoms with Gasteiger partial charge in [-0.2, -0.15) is 0 Å². The topological polar surface area (TPSA) is 96.2 Å². The Morgan fingerprint density at radius 3 is 2.74 bits per heavy atom. The third-order valence-corrected chi connectivity index (χ3v) is 4.34. The van der Waals surface area contributed by atoms with Gasteiger partial charge in [0.05, 0.1) is 0 Å². The lowest BCUT2D eigenvalue weighted by Gasteiger charge is -2.27. The maximum atomic E-state index is 12.4. The Morgan fingerprint density at radius 1 is 1.22 bits per heavy atom. The number of carbonyl (C=O) groups excluding carboxylic acids is 1. The maximum Gasteiger partial charge on any atom is 0.270 e. The van der Waals surface area contributed by atoms with Crippen molar-refractivity contribution < 1.29 is 4.79 Å². The minimum absolute atomic E-state index is 0. The molecule has 4 N–H and O–H groups in total. The molecule has 1 amide bonds. The summed E-state index contributed by atoms with van der Waals surface area (Å²) < 4.78 is 0. The molecule has 1 saturated heterocycles. The zero-order valence-corrected chi connectivity index (χ0v) is 14.1. The normalized spacial score (nSPS) is 17.9. The van der Waals surface area contributed by atoms with Gasteiger partial charge in [-0.1, -0.05) is 0 Å². The summed E-state index contributed by atoms with van der Waals surface area (Å²) >= 11 is 0. The number of carbonyl (C=O) groups is 1. The number of hydrogen-bond donors (Lipinski definition) is 3. The van der Waals surface area contributed by atoms with Crippen molar-refractivity contribution in [2.75, 3.05) is 45.0 Å². The molecule has 1 aliphatic heterocycles. The zero-order chi connectivity index (χ0) is 15.4. The molecule has 1 aromatic heterocycles.